The van der Waals surface area contributed by atoms with Crippen molar-refractivity contribution in [3.8, 4) is 0 Å². The smallest absolute Gasteiger partial charge is 0.408 e. The van der Waals surface area contributed by atoms with Gasteiger partial charge in [-0.3, -0.25) is 9.36 Å². The summed E-state index contributed by atoms with van der Waals surface area (Å²) in [4.78, 5) is 26.1. The lowest BCUT2D eigenvalue weighted by Gasteiger charge is -2.34. The highest BCUT2D eigenvalue weighted by Crippen LogP contribution is 2.23. The third kappa shape index (κ3) is 3.52. The molecule has 3 aromatic rings. The molecule has 0 saturated carbocycles. The van der Waals surface area contributed by atoms with Gasteiger partial charge in [-0.2, -0.15) is 4.31 Å². The number of sulfonamides is 1. The van der Waals surface area contributed by atoms with Crippen LogP contribution in [0.1, 0.15) is 10.4 Å². The number of carbonyl (C=O) groups is 1. The van der Waals surface area contributed by atoms with E-state index in [0.717, 1.165) is 0 Å². The Hall–Kier alpha value is -2.43. The molecular formula is C19H18BrN3O5S. The minimum atomic E-state index is -3.76. The maximum Gasteiger partial charge on any atom is 0.419 e. The third-order valence-corrected chi connectivity index (χ3v) is 7.62. The molecule has 4 rings (SSSR count). The van der Waals surface area contributed by atoms with Crippen molar-refractivity contribution >= 4 is 43.0 Å². The first kappa shape index (κ1) is 19.9. The predicted molar refractivity (Wildman–Crippen MR) is 110 cm³/mol. The van der Waals surface area contributed by atoms with Crippen LogP contribution in [0.5, 0.6) is 0 Å². The van der Waals surface area contributed by atoms with E-state index in [1.165, 1.54) is 21.0 Å². The summed E-state index contributed by atoms with van der Waals surface area (Å²) >= 11 is 3.38. The minimum Gasteiger partial charge on any atom is -0.408 e. The number of fused-ring (bicyclic) bond motifs is 1. The van der Waals surface area contributed by atoms with E-state index in [9.17, 15) is 18.0 Å². The standard InChI is InChI=1S/C19H18BrN3O5S/c1-21-16-7-6-13(12-17(16)28-19(21)25)29(26,27)23-10-8-22(9-11-23)18(24)14-4-2-3-5-15(14)20/h2-7,12H,8-11H2,1H3. The van der Waals surface area contributed by atoms with Gasteiger partial charge < -0.3 is 9.32 Å². The Morgan fingerprint density at radius 1 is 1.07 bits per heavy atom. The molecule has 0 unspecified atom stereocenters. The van der Waals surface area contributed by atoms with Gasteiger partial charge in [0.05, 0.1) is 16.0 Å². The highest BCUT2D eigenvalue weighted by molar-refractivity contribution is 9.10. The molecule has 0 spiro atoms. The first-order valence-electron chi connectivity index (χ1n) is 8.92. The molecule has 1 amide bonds. The molecule has 0 radical (unpaired) electrons. The lowest BCUT2D eigenvalue weighted by Crippen LogP contribution is -2.50. The molecule has 0 atom stereocenters. The molecule has 1 saturated heterocycles. The topological polar surface area (TPSA) is 92.8 Å². The molecule has 1 aliphatic heterocycles. The molecule has 0 N–H and O–H groups in total. The second-order valence-corrected chi connectivity index (χ2v) is 9.52. The second-order valence-electron chi connectivity index (χ2n) is 6.73. The highest BCUT2D eigenvalue weighted by Gasteiger charge is 2.31. The number of hydrogen-bond acceptors (Lipinski definition) is 5. The molecule has 1 fully saturated rings. The molecule has 0 bridgehead atoms. The van der Waals surface area contributed by atoms with E-state index in [1.54, 1.807) is 36.2 Å². The fourth-order valence-electron chi connectivity index (χ4n) is 3.36. The number of rotatable bonds is 3. The molecule has 152 valence electrons. The SMILES string of the molecule is Cn1c(=O)oc2cc(S(=O)(=O)N3CCN(C(=O)c4ccccc4Br)CC3)ccc21. The van der Waals surface area contributed by atoms with Crippen LogP contribution in [-0.4, -0.2) is 54.3 Å². The number of oxazole rings is 1. The van der Waals surface area contributed by atoms with E-state index in [1.807, 2.05) is 6.07 Å². The lowest BCUT2D eigenvalue weighted by atomic mass is 10.2. The summed E-state index contributed by atoms with van der Waals surface area (Å²) in [5, 5.41) is 0. The Morgan fingerprint density at radius 3 is 2.45 bits per heavy atom. The van der Waals surface area contributed by atoms with E-state index in [2.05, 4.69) is 15.9 Å². The zero-order chi connectivity index (χ0) is 20.8. The Balaban J connectivity index is 1.52. The van der Waals surface area contributed by atoms with Crippen LogP contribution in [0.4, 0.5) is 0 Å². The van der Waals surface area contributed by atoms with Crippen molar-refractivity contribution in [2.24, 2.45) is 7.05 Å². The van der Waals surface area contributed by atoms with Gasteiger partial charge in [0.1, 0.15) is 0 Å². The lowest BCUT2D eigenvalue weighted by molar-refractivity contribution is 0.0697. The molecular weight excluding hydrogens is 462 g/mol. The van der Waals surface area contributed by atoms with Crippen LogP contribution < -0.4 is 5.76 Å². The molecule has 1 aliphatic rings. The maximum absolute atomic E-state index is 13.0. The van der Waals surface area contributed by atoms with Crippen LogP contribution in [0.25, 0.3) is 11.1 Å². The maximum atomic E-state index is 13.0. The van der Waals surface area contributed by atoms with Crippen molar-refractivity contribution in [2.75, 3.05) is 26.2 Å². The quantitative estimate of drug-likeness (QED) is 0.572. The Kier molecular flexibility index (Phi) is 5.09. The number of aryl methyl sites for hydroxylation is 1. The summed E-state index contributed by atoms with van der Waals surface area (Å²) in [5.41, 5.74) is 1.30. The summed E-state index contributed by atoms with van der Waals surface area (Å²) in [5.74, 6) is -0.684. The summed E-state index contributed by atoms with van der Waals surface area (Å²) in [6.45, 7) is 0.967. The molecule has 2 heterocycles. The normalized spacial score (nSPS) is 15.7. The predicted octanol–water partition coefficient (Wildman–Crippen LogP) is 2.04. The number of aromatic nitrogens is 1. The summed E-state index contributed by atoms with van der Waals surface area (Å²) < 4.78 is 34.5. The van der Waals surface area contributed by atoms with Gasteiger partial charge in [0.15, 0.2) is 5.58 Å². The van der Waals surface area contributed by atoms with E-state index >= 15 is 0 Å². The Bertz CT molecular complexity index is 1260. The number of amides is 1. The van der Waals surface area contributed by atoms with Crippen molar-refractivity contribution in [1.29, 1.82) is 0 Å². The zero-order valence-corrected chi connectivity index (χ0v) is 17.9. The second kappa shape index (κ2) is 7.43. The summed E-state index contributed by atoms with van der Waals surface area (Å²) in [6, 6.07) is 11.5. The molecule has 29 heavy (non-hydrogen) atoms. The number of carbonyl (C=O) groups excluding carboxylic acids is 1. The fraction of sp³-hybridized carbons (Fsp3) is 0.263. The number of hydrogen-bond donors (Lipinski definition) is 0. The van der Waals surface area contributed by atoms with Crippen molar-refractivity contribution in [3.63, 3.8) is 0 Å². The van der Waals surface area contributed by atoms with E-state index in [0.29, 0.717) is 28.6 Å². The van der Waals surface area contributed by atoms with Gasteiger partial charge in [-0.15, -0.1) is 0 Å². The molecule has 10 heteroatoms. The van der Waals surface area contributed by atoms with E-state index < -0.39 is 15.8 Å². The van der Waals surface area contributed by atoms with Crippen LogP contribution >= 0.6 is 15.9 Å². The van der Waals surface area contributed by atoms with Crippen molar-refractivity contribution in [2.45, 2.75) is 4.90 Å². The third-order valence-electron chi connectivity index (χ3n) is 5.03. The van der Waals surface area contributed by atoms with Gasteiger partial charge in [0, 0.05) is 43.8 Å². The first-order chi connectivity index (χ1) is 13.8. The van der Waals surface area contributed by atoms with Gasteiger partial charge in [0.25, 0.3) is 5.91 Å². The van der Waals surface area contributed by atoms with Gasteiger partial charge >= 0.3 is 5.76 Å². The molecule has 8 nitrogen and oxygen atoms in total. The van der Waals surface area contributed by atoms with E-state index in [-0.39, 0.29) is 29.5 Å². The van der Waals surface area contributed by atoms with Crippen LogP contribution in [0, 0.1) is 0 Å². The van der Waals surface area contributed by atoms with Gasteiger partial charge in [-0.25, -0.2) is 13.2 Å². The number of piperazine rings is 1. The van der Waals surface area contributed by atoms with Crippen LogP contribution in [0.15, 0.2) is 61.0 Å². The van der Waals surface area contributed by atoms with Crippen molar-refractivity contribution in [1.82, 2.24) is 13.8 Å². The van der Waals surface area contributed by atoms with Gasteiger partial charge in [-0.1, -0.05) is 12.1 Å². The van der Waals surface area contributed by atoms with Crippen LogP contribution in [0.2, 0.25) is 0 Å². The van der Waals surface area contributed by atoms with Gasteiger partial charge in [0.2, 0.25) is 10.0 Å². The fourth-order valence-corrected chi connectivity index (χ4v) is 5.25. The first-order valence-corrected chi connectivity index (χ1v) is 11.2. The van der Waals surface area contributed by atoms with Gasteiger partial charge in [-0.05, 0) is 40.2 Å². The molecule has 1 aromatic heterocycles. The summed E-state index contributed by atoms with van der Waals surface area (Å²) in [6.07, 6.45) is 0. The Morgan fingerprint density at radius 2 is 1.76 bits per heavy atom. The molecule has 2 aromatic carbocycles. The summed E-state index contributed by atoms with van der Waals surface area (Å²) in [7, 11) is -2.21. The van der Waals surface area contributed by atoms with E-state index in [4.69, 9.17) is 4.42 Å². The van der Waals surface area contributed by atoms with Crippen molar-refractivity contribution < 1.29 is 17.6 Å². The number of nitrogens with zero attached hydrogens (tertiary/aromatic N) is 3. The largest absolute Gasteiger partial charge is 0.419 e. The minimum absolute atomic E-state index is 0.0601. The monoisotopic (exact) mass is 479 g/mol. The van der Waals surface area contributed by atoms with Crippen LogP contribution in [-0.2, 0) is 17.1 Å². The molecule has 0 aliphatic carbocycles. The number of halogens is 1. The average Bonchev–Trinajstić information content (AvgIpc) is 3.01. The van der Waals surface area contributed by atoms with Crippen LogP contribution in [0.3, 0.4) is 0 Å². The Labute approximate surface area is 175 Å². The number of benzene rings is 2. The highest BCUT2D eigenvalue weighted by atomic mass is 79.9. The average molecular weight is 480 g/mol. The zero-order valence-electron chi connectivity index (χ0n) is 15.5. The van der Waals surface area contributed by atoms with Crippen molar-refractivity contribution in [3.05, 3.63) is 63.1 Å².